The summed E-state index contributed by atoms with van der Waals surface area (Å²) in [5.74, 6) is -1.24. The summed E-state index contributed by atoms with van der Waals surface area (Å²) in [5, 5.41) is 0.403. The van der Waals surface area contributed by atoms with Crippen molar-refractivity contribution in [2.75, 3.05) is 0 Å². The minimum absolute atomic E-state index is 0.00173. The fourth-order valence-corrected chi connectivity index (χ4v) is 4.17. The summed E-state index contributed by atoms with van der Waals surface area (Å²) in [4.78, 5) is 38.2. The molecule has 0 unspecified atom stereocenters. The number of H-pyrrole nitrogens is 1. The maximum absolute atomic E-state index is 12.8. The van der Waals surface area contributed by atoms with Gasteiger partial charge in [0.25, 0.3) is 0 Å². The highest BCUT2D eigenvalue weighted by Crippen LogP contribution is 2.43. The number of nitrogens with one attached hydrogen (secondary N) is 1. The second-order valence-electron chi connectivity index (χ2n) is 4.32. The predicted octanol–water partition coefficient (Wildman–Crippen LogP) is 2.56. The predicted molar refractivity (Wildman–Crippen MR) is 73.9 cm³/mol. The highest BCUT2D eigenvalue weighted by atomic mass is 32.2. The van der Waals surface area contributed by atoms with E-state index in [1.54, 1.807) is 0 Å². The molecule has 0 saturated heterocycles. The van der Waals surface area contributed by atoms with Gasteiger partial charge in [0.05, 0.1) is 15.8 Å². The Bertz CT molecular complexity index is 748. The van der Waals surface area contributed by atoms with Gasteiger partial charge in [0.2, 0.25) is 5.12 Å². The van der Waals surface area contributed by atoms with E-state index < -0.39 is 11.7 Å². The number of thioether (sulfide) groups is 1. The van der Waals surface area contributed by atoms with Crippen LogP contribution in [0.5, 0.6) is 0 Å². The van der Waals surface area contributed by atoms with Gasteiger partial charge in [-0.3, -0.25) is 14.4 Å². The fraction of sp³-hybridized carbons (Fsp3) is 0.154. The number of thiazole rings is 1. The number of carbonyl (C=O) groups is 2. The highest BCUT2D eigenvalue weighted by molar-refractivity contribution is 8.14. The number of Topliss-reactive ketones (excluding diaryl/α,β-unsaturated/α-hetero) is 1. The molecule has 0 radical (unpaired) electrons. The van der Waals surface area contributed by atoms with Crippen LogP contribution in [0.2, 0.25) is 0 Å². The molecule has 0 amide bonds. The van der Waals surface area contributed by atoms with Crippen molar-refractivity contribution >= 4 is 34.0 Å². The number of halogens is 1. The number of rotatable bonds is 3. The van der Waals surface area contributed by atoms with E-state index in [2.05, 4.69) is 4.98 Å². The quantitative estimate of drug-likeness (QED) is 0.885. The lowest BCUT2D eigenvalue weighted by Crippen LogP contribution is -2.10. The Morgan fingerprint density at radius 2 is 1.95 bits per heavy atom. The van der Waals surface area contributed by atoms with Gasteiger partial charge in [-0.25, -0.2) is 4.39 Å². The van der Waals surface area contributed by atoms with Gasteiger partial charge in [0.15, 0.2) is 5.78 Å². The molecule has 1 aliphatic heterocycles. The molecule has 3 rings (SSSR count). The van der Waals surface area contributed by atoms with Crippen molar-refractivity contribution < 1.29 is 14.0 Å². The number of aromatic amines is 1. The van der Waals surface area contributed by atoms with Crippen molar-refractivity contribution in [2.24, 2.45) is 0 Å². The molecule has 1 aliphatic rings. The van der Waals surface area contributed by atoms with Gasteiger partial charge >= 0.3 is 4.87 Å². The summed E-state index contributed by atoms with van der Waals surface area (Å²) in [6.45, 7) is 0. The third kappa shape index (κ3) is 2.34. The third-order valence-corrected chi connectivity index (χ3v) is 5.14. The first-order valence-corrected chi connectivity index (χ1v) is 7.41. The van der Waals surface area contributed by atoms with Crippen molar-refractivity contribution in [1.29, 1.82) is 0 Å². The number of hydrogen-bond acceptors (Lipinski definition) is 5. The molecule has 2 aromatic rings. The standard InChI is InChI=1S/C13H8FNO3S2/c14-7-3-1-6(2-4-7)9(16)5-8-10-11(20-12(8)17)15-13(18)19-10/h1-4,8H,5H2,(H,15,18)/t8-/m0/s1. The van der Waals surface area contributed by atoms with Crippen LogP contribution in [-0.2, 0) is 4.79 Å². The van der Waals surface area contributed by atoms with E-state index in [4.69, 9.17) is 0 Å². The lowest BCUT2D eigenvalue weighted by atomic mass is 9.98. The molecule has 0 spiro atoms. The Morgan fingerprint density at radius 1 is 1.25 bits per heavy atom. The molecular formula is C13H8FNO3S2. The van der Waals surface area contributed by atoms with E-state index in [0.29, 0.717) is 15.5 Å². The zero-order valence-electron chi connectivity index (χ0n) is 10.0. The smallest absolute Gasteiger partial charge is 0.305 e. The molecule has 0 aliphatic carbocycles. The molecular weight excluding hydrogens is 301 g/mol. The maximum Gasteiger partial charge on any atom is 0.305 e. The number of ketones is 1. The summed E-state index contributed by atoms with van der Waals surface area (Å²) in [7, 11) is 0. The van der Waals surface area contributed by atoms with Crippen molar-refractivity contribution in [3.63, 3.8) is 0 Å². The highest BCUT2D eigenvalue weighted by Gasteiger charge is 2.36. The average Bonchev–Trinajstić information content (AvgIpc) is 2.88. The normalized spacial score (nSPS) is 17.2. The van der Waals surface area contributed by atoms with Gasteiger partial charge in [0.1, 0.15) is 5.82 Å². The first-order valence-electron chi connectivity index (χ1n) is 5.78. The van der Waals surface area contributed by atoms with E-state index >= 15 is 0 Å². The lowest BCUT2D eigenvalue weighted by Gasteiger charge is -2.06. The first kappa shape index (κ1) is 13.3. The van der Waals surface area contributed by atoms with Crippen LogP contribution in [0.4, 0.5) is 4.39 Å². The SMILES string of the molecule is O=C(C[C@@H]1C(=O)Sc2[nH]c(=O)sc21)c1ccc(F)cc1. The number of aromatic nitrogens is 1. The van der Waals surface area contributed by atoms with Gasteiger partial charge < -0.3 is 4.98 Å². The molecule has 20 heavy (non-hydrogen) atoms. The topological polar surface area (TPSA) is 67.0 Å². The Kier molecular flexibility index (Phi) is 3.31. The molecule has 1 N–H and O–H groups in total. The Balaban J connectivity index is 1.84. The number of fused-ring (bicyclic) bond motifs is 1. The number of hydrogen-bond donors (Lipinski definition) is 1. The zero-order chi connectivity index (χ0) is 14.3. The van der Waals surface area contributed by atoms with E-state index in [1.165, 1.54) is 24.3 Å². The van der Waals surface area contributed by atoms with Crippen LogP contribution >= 0.6 is 23.1 Å². The minimum Gasteiger partial charge on any atom is -0.307 e. The van der Waals surface area contributed by atoms with Crippen LogP contribution in [0.1, 0.15) is 27.6 Å². The summed E-state index contributed by atoms with van der Waals surface area (Å²) < 4.78 is 12.8. The van der Waals surface area contributed by atoms with E-state index in [-0.39, 0.29) is 22.2 Å². The van der Waals surface area contributed by atoms with Crippen LogP contribution < -0.4 is 4.87 Å². The summed E-state index contributed by atoms with van der Waals surface area (Å²) >= 11 is 1.93. The molecule has 1 aromatic carbocycles. The van der Waals surface area contributed by atoms with Gasteiger partial charge in [-0.2, -0.15) is 0 Å². The average molecular weight is 309 g/mol. The molecule has 0 bridgehead atoms. The van der Waals surface area contributed by atoms with E-state index in [1.807, 2.05) is 0 Å². The number of benzene rings is 1. The monoisotopic (exact) mass is 309 g/mol. The summed E-state index contributed by atoms with van der Waals surface area (Å²) in [6, 6.07) is 5.20. The second kappa shape index (κ2) is 4.99. The fourth-order valence-electron chi connectivity index (χ4n) is 2.03. The molecule has 4 nitrogen and oxygen atoms in total. The van der Waals surface area contributed by atoms with Crippen LogP contribution in [0.3, 0.4) is 0 Å². The largest absolute Gasteiger partial charge is 0.307 e. The minimum atomic E-state index is -0.587. The molecule has 7 heteroatoms. The van der Waals surface area contributed by atoms with Crippen LogP contribution in [0, 0.1) is 5.82 Å². The Labute approximate surface area is 121 Å². The zero-order valence-corrected chi connectivity index (χ0v) is 11.6. The number of carbonyl (C=O) groups excluding carboxylic acids is 2. The van der Waals surface area contributed by atoms with Gasteiger partial charge in [-0.15, -0.1) is 0 Å². The molecule has 1 aromatic heterocycles. The van der Waals surface area contributed by atoms with Gasteiger partial charge in [-0.1, -0.05) is 11.3 Å². The molecule has 102 valence electrons. The Morgan fingerprint density at radius 3 is 2.65 bits per heavy atom. The van der Waals surface area contributed by atoms with Crippen molar-refractivity contribution in [1.82, 2.24) is 4.98 Å². The van der Waals surface area contributed by atoms with E-state index in [9.17, 15) is 18.8 Å². The van der Waals surface area contributed by atoms with Crippen LogP contribution in [-0.4, -0.2) is 15.9 Å². The third-order valence-electron chi connectivity index (χ3n) is 3.00. The molecule has 0 fully saturated rings. The van der Waals surface area contributed by atoms with Crippen LogP contribution in [0.15, 0.2) is 34.1 Å². The summed E-state index contributed by atoms with van der Waals surface area (Å²) in [5.41, 5.74) is 0.362. The van der Waals surface area contributed by atoms with Crippen LogP contribution in [0.25, 0.3) is 0 Å². The molecule has 0 saturated carbocycles. The molecule has 2 heterocycles. The maximum atomic E-state index is 12.8. The lowest BCUT2D eigenvalue weighted by molar-refractivity contribution is -0.111. The van der Waals surface area contributed by atoms with Crippen molar-refractivity contribution in [3.8, 4) is 0 Å². The Hall–Kier alpha value is -1.73. The van der Waals surface area contributed by atoms with Gasteiger partial charge in [0, 0.05) is 12.0 Å². The van der Waals surface area contributed by atoms with E-state index in [0.717, 1.165) is 23.1 Å². The first-order chi connectivity index (χ1) is 9.54. The van der Waals surface area contributed by atoms with Gasteiger partial charge in [-0.05, 0) is 36.0 Å². The molecule has 1 atom stereocenters. The van der Waals surface area contributed by atoms with Crippen molar-refractivity contribution in [3.05, 3.63) is 50.2 Å². The van der Waals surface area contributed by atoms with Crippen molar-refractivity contribution in [2.45, 2.75) is 17.4 Å². The second-order valence-corrected chi connectivity index (χ2v) is 6.35. The summed E-state index contributed by atoms with van der Waals surface area (Å²) in [6.07, 6.45) is -0.00173.